The number of aliphatic carboxylic acids is 1. The van der Waals surface area contributed by atoms with E-state index in [1.165, 1.54) is 25.3 Å². The van der Waals surface area contributed by atoms with Gasteiger partial charge in [-0.05, 0) is 49.4 Å². The molecule has 26 heavy (non-hydrogen) atoms. The highest BCUT2D eigenvalue weighted by molar-refractivity contribution is 8.00. The van der Waals surface area contributed by atoms with Crippen LogP contribution in [0.5, 0.6) is 5.75 Å². The number of rotatable bonds is 9. The summed E-state index contributed by atoms with van der Waals surface area (Å²) in [4.78, 5) is 14.9. The van der Waals surface area contributed by atoms with Crippen LogP contribution in [0.25, 0.3) is 11.1 Å². The van der Waals surface area contributed by atoms with E-state index in [-0.39, 0.29) is 12.2 Å². The molecular formula is C20H22FNO3S. The minimum atomic E-state index is -0.826. The van der Waals surface area contributed by atoms with Crippen molar-refractivity contribution in [1.82, 2.24) is 4.98 Å². The van der Waals surface area contributed by atoms with Crippen molar-refractivity contribution >= 4 is 17.7 Å². The van der Waals surface area contributed by atoms with E-state index in [2.05, 4.69) is 4.98 Å². The van der Waals surface area contributed by atoms with Crippen molar-refractivity contribution < 1.29 is 19.0 Å². The summed E-state index contributed by atoms with van der Waals surface area (Å²) in [6.07, 6.45) is 6.67. The van der Waals surface area contributed by atoms with E-state index >= 15 is 0 Å². The third kappa shape index (κ3) is 4.97. The Bertz CT molecular complexity index is 764. The highest BCUT2D eigenvalue weighted by Gasteiger charge is 2.21. The van der Waals surface area contributed by atoms with Crippen LogP contribution in [0.3, 0.4) is 0 Å². The van der Waals surface area contributed by atoms with Crippen LogP contribution in [-0.2, 0) is 4.79 Å². The molecule has 0 bridgehead atoms. The molecule has 1 heterocycles. The van der Waals surface area contributed by atoms with Crippen LogP contribution in [0, 0.1) is 5.82 Å². The number of carbonyl (C=O) groups is 1. The van der Waals surface area contributed by atoms with Gasteiger partial charge in [-0.25, -0.2) is 9.37 Å². The summed E-state index contributed by atoms with van der Waals surface area (Å²) in [6.45, 7) is 0.305. The van der Waals surface area contributed by atoms with Gasteiger partial charge in [0, 0.05) is 23.4 Å². The number of benzene rings is 1. The number of halogens is 1. The Balaban J connectivity index is 1.64. The SMILES string of the molecule is O=C(O)CCCCOc1ccc(-c2cccnc2SC2CCC2)cc1F. The average molecular weight is 375 g/mol. The van der Waals surface area contributed by atoms with Gasteiger partial charge in [-0.3, -0.25) is 4.79 Å². The minimum Gasteiger partial charge on any atom is -0.491 e. The molecule has 1 aliphatic rings. The minimum absolute atomic E-state index is 0.104. The lowest BCUT2D eigenvalue weighted by molar-refractivity contribution is -0.137. The van der Waals surface area contributed by atoms with Crippen LogP contribution < -0.4 is 4.74 Å². The first-order valence-electron chi connectivity index (χ1n) is 8.89. The molecule has 0 aliphatic heterocycles. The van der Waals surface area contributed by atoms with Crippen LogP contribution >= 0.6 is 11.8 Å². The first-order chi connectivity index (χ1) is 12.6. The summed E-state index contributed by atoms with van der Waals surface area (Å²) < 4.78 is 19.8. The molecular weight excluding hydrogens is 353 g/mol. The van der Waals surface area contributed by atoms with Gasteiger partial charge in [0.15, 0.2) is 11.6 Å². The van der Waals surface area contributed by atoms with Crippen molar-refractivity contribution in [2.75, 3.05) is 6.61 Å². The fraction of sp³-hybridized carbons (Fsp3) is 0.400. The molecule has 1 fully saturated rings. The molecule has 1 aromatic carbocycles. The predicted molar refractivity (Wildman–Crippen MR) is 100 cm³/mol. The average Bonchev–Trinajstić information content (AvgIpc) is 2.59. The third-order valence-corrected chi connectivity index (χ3v) is 5.74. The van der Waals surface area contributed by atoms with Crippen LogP contribution in [0.2, 0.25) is 0 Å². The summed E-state index contributed by atoms with van der Waals surface area (Å²) in [7, 11) is 0. The molecule has 2 aromatic rings. The van der Waals surface area contributed by atoms with E-state index in [0.29, 0.717) is 24.7 Å². The zero-order chi connectivity index (χ0) is 18.4. The van der Waals surface area contributed by atoms with Crippen molar-refractivity contribution in [1.29, 1.82) is 0 Å². The molecule has 0 radical (unpaired) electrons. The lowest BCUT2D eigenvalue weighted by Gasteiger charge is -2.24. The molecule has 0 spiro atoms. The van der Waals surface area contributed by atoms with Crippen LogP contribution in [0.15, 0.2) is 41.6 Å². The highest BCUT2D eigenvalue weighted by atomic mass is 32.2. The van der Waals surface area contributed by atoms with Gasteiger partial charge >= 0.3 is 5.97 Å². The van der Waals surface area contributed by atoms with Gasteiger partial charge in [0.2, 0.25) is 0 Å². The maximum Gasteiger partial charge on any atom is 0.303 e. The van der Waals surface area contributed by atoms with Crippen molar-refractivity contribution in [2.45, 2.75) is 48.8 Å². The summed E-state index contributed by atoms with van der Waals surface area (Å²) in [5, 5.41) is 10.2. The lowest BCUT2D eigenvalue weighted by Crippen LogP contribution is -2.13. The zero-order valence-electron chi connectivity index (χ0n) is 14.5. The molecule has 3 rings (SSSR count). The second-order valence-electron chi connectivity index (χ2n) is 6.37. The maximum atomic E-state index is 14.4. The molecule has 0 unspecified atom stereocenters. The maximum absolute atomic E-state index is 14.4. The molecule has 1 aromatic heterocycles. The number of hydrogen-bond donors (Lipinski definition) is 1. The monoisotopic (exact) mass is 375 g/mol. The summed E-state index contributed by atoms with van der Waals surface area (Å²) in [5.41, 5.74) is 1.73. The highest BCUT2D eigenvalue weighted by Crippen LogP contribution is 2.40. The second-order valence-corrected chi connectivity index (χ2v) is 7.66. The number of hydrogen-bond acceptors (Lipinski definition) is 4. The lowest BCUT2D eigenvalue weighted by atomic mass is 10.00. The van der Waals surface area contributed by atoms with Crippen LogP contribution in [0.4, 0.5) is 4.39 Å². The van der Waals surface area contributed by atoms with Gasteiger partial charge in [-0.2, -0.15) is 0 Å². The Morgan fingerprint density at radius 1 is 1.31 bits per heavy atom. The van der Waals surface area contributed by atoms with Gasteiger partial charge in [-0.15, -0.1) is 11.8 Å². The van der Waals surface area contributed by atoms with E-state index in [9.17, 15) is 9.18 Å². The van der Waals surface area contributed by atoms with E-state index < -0.39 is 11.8 Å². The molecule has 4 nitrogen and oxygen atoms in total. The van der Waals surface area contributed by atoms with E-state index in [1.807, 2.05) is 18.2 Å². The number of ether oxygens (including phenoxy) is 1. The van der Waals surface area contributed by atoms with Crippen LogP contribution in [0.1, 0.15) is 38.5 Å². The topological polar surface area (TPSA) is 59.4 Å². The molecule has 6 heteroatoms. The Kier molecular flexibility index (Phi) is 6.50. The van der Waals surface area contributed by atoms with Crippen molar-refractivity contribution in [3.05, 3.63) is 42.3 Å². The predicted octanol–water partition coefficient (Wildman–Crippen LogP) is 5.17. The fourth-order valence-corrected chi connectivity index (χ4v) is 4.02. The standard InChI is InChI=1S/C20H22FNO3S/c21-17-13-14(9-10-18(17)25-12-2-1-8-19(23)24)16-7-4-11-22-20(16)26-15-5-3-6-15/h4,7,9-11,13,15H,1-3,5-6,8,12H2,(H,23,24). The first kappa shape index (κ1) is 18.7. The number of carboxylic acids is 1. The smallest absolute Gasteiger partial charge is 0.303 e. The Morgan fingerprint density at radius 2 is 2.15 bits per heavy atom. The van der Waals surface area contributed by atoms with Crippen molar-refractivity contribution in [3.63, 3.8) is 0 Å². The summed E-state index contributed by atoms with van der Waals surface area (Å²) >= 11 is 1.77. The fourth-order valence-electron chi connectivity index (χ4n) is 2.70. The molecule has 0 amide bonds. The van der Waals surface area contributed by atoms with Gasteiger partial charge in [0.25, 0.3) is 0 Å². The molecule has 0 saturated heterocycles. The van der Waals surface area contributed by atoms with E-state index in [1.54, 1.807) is 24.0 Å². The number of unbranched alkanes of at least 4 members (excludes halogenated alkanes) is 1. The Hall–Kier alpha value is -2.08. The molecule has 0 atom stereocenters. The van der Waals surface area contributed by atoms with Crippen LogP contribution in [-0.4, -0.2) is 27.9 Å². The van der Waals surface area contributed by atoms with Crippen molar-refractivity contribution in [3.8, 4) is 16.9 Å². The second kappa shape index (κ2) is 9.03. The van der Waals surface area contributed by atoms with Crippen molar-refractivity contribution in [2.24, 2.45) is 0 Å². The van der Waals surface area contributed by atoms with Gasteiger partial charge < -0.3 is 9.84 Å². The number of thioether (sulfide) groups is 1. The van der Waals surface area contributed by atoms with Gasteiger partial charge in [0.1, 0.15) is 5.03 Å². The summed E-state index contributed by atoms with van der Waals surface area (Å²) in [5.74, 6) is -1.04. The zero-order valence-corrected chi connectivity index (χ0v) is 15.3. The molecule has 1 saturated carbocycles. The van der Waals surface area contributed by atoms with E-state index in [4.69, 9.17) is 9.84 Å². The van der Waals surface area contributed by atoms with Gasteiger partial charge in [0.05, 0.1) is 6.61 Å². The Morgan fingerprint density at radius 3 is 2.85 bits per heavy atom. The summed E-state index contributed by atoms with van der Waals surface area (Å²) in [6, 6.07) is 8.79. The number of nitrogens with zero attached hydrogens (tertiary/aromatic N) is 1. The Labute approximate surface area is 156 Å². The normalized spacial score (nSPS) is 14.0. The molecule has 1 N–H and O–H groups in total. The number of aromatic nitrogens is 1. The number of pyridine rings is 1. The molecule has 138 valence electrons. The molecule has 1 aliphatic carbocycles. The number of carboxylic acid groups (broad SMARTS) is 1. The first-order valence-corrected chi connectivity index (χ1v) is 9.77. The largest absolute Gasteiger partial charge is 0.491 e. The van der Waals surface area contributed by atoms with E-state index in [0.717, 1.165) is 16.2 Å². The third-order valence-electron chi connectivity index (χ3n) is 4.39. The quantitative estimate of drug-likeness (QED) is 0.613. The van der Waals surface area contributed by atoms with Gasteiger partial charge in [-0.1, -0.05) is 18.6 Å².